The SMILES string of the molecule is C=CCCCNCCCCCCCCCCCCC(C)C. The molecule has 0 saturated heterocycles. The molecule has 0 aliphatic carbocycles. The van der Waals surface area contributed by atoms with Crippen LogP contribution in [0.15, 0.2) is 12.7 Å². The minimum atomic E-state index is 0.890. The summed E-state index contributed by atoms with van der Waals surface area (Å²) >= 11 is 0. The van der Waals surface area contributed by atoms with Gasteiger partial charge in [0.25, 0.3) is 0 Å². The van der Waals surface area contributed by atoms with Gasteiger partial charge in [0.15, 0.2) is 0 Å². The molecule has 0 aromatic rings. The fraction of sp³-hybridized carbons (Fsp3) is 0.900. The lowest BCUT2D eigenvalue weighted by Gasteiger charge is -2.05. The summed E-state index contributed by atoms with van der Waals surface area (Å²) in [5, 5.41) is 3.51. The molecule has 1 N–H and O–H groups in total. The van der Waals surface area contributed by atoms with Crippen LogP contribution in [0.4, 0.5) is 0 Å². The van der Waals surface area contributed by atoms with E-state index in [0.29, 0.717) is 0 Å². The number of nitrogens with one attached hydrogen (secondary N) is 1. The number of rotatable bonds is 17. The summed E-state index contributed by atoms with van der Waals surface area (Å²) in [6, 6.07) is 0. The van der Waals surface area contributed by atoms with Crippen molar-refractivity contribution in [1.29, 1.82) is 0 Å². The largest absolute Gasteiger partial charge is 0.317 e. The van der Waals surface area contributed by atoms with Crippen molar-refractivity contribution in [2.45, 2.75) is 97.3 Å². The highest BCUT2D eigenvalue weighted by Gasteiger charge is 1.95. The maximum Gasteiger partial charge on any atom is -0.00460 e. The van der Waals surface area contributed by atoms with Crippen LogP contribution in [0.2, 0.25) is 0 Å². The second-order valence-corrected chi connectivity index (χ2v) is 6.90. The highest BCUT2D eigenvalue weighted by atomic mass is 14.8. The summed E-state index contributed by atoms with van der Waals surface area (Å²) < 4.78 is 0. The fourth-order valence-electron chi connectivity index (χ4n) is 2.71. The average Bonchev–Trinajstić information content (AvgIpc) is 2.46. The molecule has 1 heteroatoms. The number of allylic oxidation sites excluding steroid dienone is 1. The molecule has 0 aliphatic heterocycles. The van der Waals surface area contributed by atoms with E-state index >= 15 is 0 Å². The Morgan fingerprint density at radius 1 is 0.714 bits per heavy atom. The van der Waals surface area contributed by atoms with Gasteiger partial charge in [0.05, 0.1) is 0 Å². The van der Waals surface area contributed by atoms with Gasteiger partial charge >= 0.3 is 0 Å². The van der Waals surface area contributed by atoms with Gasteiger partial charge in [-0.15, -0.1) is 6.58 Å². The molecule has 126 valence electrons. The first-order valence-corrected chi connectivity index (χ1v) is 9.59. The Morgan fingerprint density at radius 3 is 1.71 bits per heavy atom. The van der Waals surface area contributed by atoms with E-state index in [1.165, 1.54) is 83.6 Å². The first-order valence-electron chi connectivity index (χ1n) is 9.59. The zero-order valence-electron chi connectivity index (χ0n) is 15.0. The Bertz CT molecular complexity index is 198. The molecule has 0 atom stereocenters. The van der Waals surface area contributed by atoms with E-state index in [1.54, 1.807) is 0 Å². The quantitative estimate of drug-likeness (QED) is 0.239. The van der Waals surface area contributed by atoms with Gasteiger partial charge < -0.3 is 5.32 Å². The summed E-state index contributed by atoms with van der Waals surface area (Å²) in [5.41, 5.74) is 0. The molecule has 0 saturated carbocycles. The smallest absolute Gasteiger partial charge is 0.00460 e. The molecule has 0 bridgehead atoms. The number of unbranched alkanes of at least 4 members (excludes halogenated alkanes) is 10. The lowest BCUT2D eigenvalue weighted by Crippen LogP contribution is -2.16. The highest BCUT2D eigenvalue weighted by molar-refractivity contribution is 4.66. The number of hydrogen-bond donors (Lipinski definition) is 1. The lowest BCUT2D eigenvalue weighted by atomic mass is 10.0. The van der Waals surface area contributed by atoms with Crippen LogP contribution >= 0.6 is 0 Å². The molecular weight excluding hydrogens is 254 g/mol. The first kappa shape index (κ1) is 20.7. The van der Waals surface area contributed by atoms with Crippen molar-refractivity contribution >= 4 is 0 Å². The third-order valence-electron chi connectivity index (χ3n) is 4.15. The molecule has 0 fully saturated rings. The molecule has 21 heavy (non-hydrogen) atoms. The molecule has 1 nitrogen and oxygen atoms in total. The number of hydrogen-bond acceptors (Lipinski definition) is 1. The van der Waals surface area contributed by atoms with Gasteiger partial charge in [-0.25, -0.2) is 0 Å². The van der Waals surface area contributed by atoms with E-state index in [2.05, 4.69) is 25.7 Å². The van der Waals surface area contributed by atoms with Crippen LogP contribution in [-0.2, 0) is 0 Å². The maximum atomic E-state index is 3.74. The van der Waals surface area contributed by atoms with Gasteiger partial charge in [0.1, 0.15) is 0 Å². The molecule has 0 rings (SSSR count). The molecule has 0 aromatic carbocycles. The Morgan fingerprint density at radius 2 is 1.19 bits per heavy atom. The van der Waals surface area contributed by atoms with Gasteiger partial charge in [0.2, 0.25) is 0 Å². The second kappa shape index (κ2) is 17.8. The van der Waals surface area contributed by atoms with Crippen LogP contribution in [0.3, 0.4) is 0 Å². The predicted molar refractivity (Wildman–Crippen MR) is 97.9 cm³/mol. The van der Waals surface area contributed by atoms with Crippen molar-refractivity contribution in [3.05, 3.63) is 12.7 Å². The predicted octanol–water partition coefficient (Wildman–Crippen LogP) is 6.49. The summed E-state index contributed by atoms with van der Waals surface area (Å²) in [6.07, 6.45) is 20.2. The monoisotopic (exact) mass is 295 g/mol. The molecule has 0 unspecified atom stereocenters. The summed E-state index contributed by atoms with van der Waals surface area (Å²) in [5.74, 6) is 0.890. The van der Waals surface area contributed by atoms with Gasteiger partial charge in [-0.05, 0) is 38.3 Å². The average molecular weight is 296 g/mol. The van der Waals surface area contributed by atoms with Gasteiger partial charge in [-0.3, -0.25) is 0 Å². The van der Waals surface area contributed by atoms with Crippen molar-refractivity contribution in [2.75, 3.05) is 13.1 Å². The maximum absolute atomic E-state index is 3.74. The van der Waals surface area contributed by atoms with Gasteiger partial charge in [-0.1, -0.05) is 84.1 Å². The zero-order chi connectivity index (χ0) is 15.6. The molecule has 0 aromatic heterocycles. The van der Waals surface area contributed by atoms with E-state index in [0.717, 1.165) is 18.9 Å². The summed E-state index contributed by atoms with van der Waals surface area (Å²) in [7, 11) is 0. The zero-order valence-corrected chi connectivity index (χ0v) is 15.0. The van der Waals surface area contributed by atoms with Crippen molar-refractivity contribution < 1.29 is 0 Å². The van der Waals surface area contributed by atoms with Crippen molar-refractivity contribution in [1.82, 2.24) is 5.32 Å². The molecular formula is C20H41N. The van der Waals surface area contributed by atoms with Crippen LogP contribution in [0.25, 0.3) is 0 Å². The molecule has 0 aliphatic rings. The Labute approximate surface area is 135 Å². The highest BCUT2D eigenvalue weighted by Crippen LogP contribution is 2.13. The van der Waals surface area contributed by atoms with Crippen molar-refractivity contribution in [3.8, 4) is 0 Å². The van der Waals surface area contributed by atoms with Crippen LogP contribution in [0.1, 0.15) is 97.3 Å². The van der Waals surface area contributed by atoms with Crippen molar-refractivity contribution in [3.63, 3.8) is 0 Å². The minimum Gasteiger partial charge on any atom is -0.317 e. The lowest BCUT2D eigenvalue weighted by molar-refractivity contribution is 0.503. The van der Waals surface area contributed by atoms with E-state index in [9.17, 15) is 0 Å². The Kier molecular flexibility index (Phi) is 17.5. The van der Waals surface area contributed by atoms with Gasteiger partial charge in [-0.2, -0.15) is 0 Å². The fourth-order valence-corrected chi connectivity index (χ4v) is 2.71. The Balaban J connectivity index is 2.95. The third-order valence-corrected chi connectivity index (χ3v) is 4.15. The standard InChI is InChI=1S/C20H41N/c1-4-5-15-18-21-19-16-13-11-9-7-6-8-10-12-14-17-20(2)3/h4,20-21H,1,5-19H2,2-3H3. The van der Waals surface area contributed by atoms with Crippen molar-refractivity contribution in [2.24, 2.45) is 5.92 Å². The van der Waals surface area contributed by atoms with Gasteiger partial charge in [0, 0.05) is 0 Å². The summed E-state index contributed by atoms with van der Waals surface area (Å²) in [4.78, 5) is 0. The minimum absolute atomic E-state index is 0.890. The van der Waals surface area contributed by atoms with Crippen LogP contribution in [0.5, 0.6) is 0 Å². The van der Waals surface area contributed by atoms with E-state index in [1.807, 2.05) is 6.08 Å². The summed E-state index contributed by atoms with van der Waals surface area (Å²) in [6.45, 7) is 10.8. The van der Waals surface area contributed by atoms with E-state index < -0.39 is 0 Å². The normalized spacial score (nSPS) is 11.2. The molecule has 0 spiro atoms. The molecule has 0 amide bonds. The molecule has 0 heterocycles. The van der Waals surface area contributed by atoms with E-state index in [4.69, 9.17) is 0 Å². The van der Waals surface area contributed by atoms with Crippen LogP contribution in [-0.4, -0.2) is 13.1 Å². The van der Waals surface area contributed by atoms with E-state index in [-0.39, 0.29) is 0 Å². The van der Waals surface area contributed by atoms with Crippen LogP contribution in [0, 0.1) is 5.92 Å². The first-order chi connectivity index (χ1) is 10.3. The Hall–Kier alpha value is -0.300. The second-order valence-electron chi connectivity index (χ2n) is 6.90. The van der Waals surface area contributed by atoms with Crippen LogP contribution < -0.4 is 5.32 Å². The topological polar surface area (TPSA) is 12.0 Å². The molecule has 0 radical (unpaired) electrons. The third kappa shape index (κ3) is 19.7.